The molecule has 0 N–H and O–H groups in total. The smallest absolute Gasteiger partial charge is 0.129 e. The third kappa shape index (κ3) is 26.4. The third-order valence-corrected chi connectivity index (χ3v) is 5.96. The largest absolute Gasteiger partial charge is 0.261 e. The summed E-state index contributed by atoms with van der Waals surface area (Å²) in [6.45, 7) is 37.5. The lowest BCUT2D eigenvalue weighted by molar-refractivity contribution is 0.875. The molecule has 0 fully saturated rings. The molecule has 53 heavy (non-hydrogen) atoms. The Bertz CT molecular complexity index is 1580. The minimum atomic E-state index is 0.792. The van der Waals surface area contributed by atoms with Crippen LogP contribution in [0.3, 0.4) is 0 Å². The maximum Gasteiger partial charge on any atom is 0.129 e. The maximum absolute atomic E-state index is 4.11. The minimum Gasteiger partial charge on any atom is -0.261 e. The van der Waals surface area contributed by atoms with Crippen LogP contribution in [0.2, 0.25) is 0 Å². The lowest BCUT2D eigenvalue weighted by atomic mass is 10.0. The van der Waals surface area contributed by atoms with Gasteiger partial charge in [0, 0.05) is 35.7 Å². The number of aryl methyl sites for hydroxylation is 11. The van der Waals surface area contributed by atoms with Crippen molar-refractivity contribution in [2.75, 3.05) is 0 Å². The van der Waals surface area contributed by atoms with Gasteiger partial charge in [-0.1, -0.05) is 97.4 Å². The van der Waals surface area contributed by atoms with Crippen LogP contribution < -0.4 is 0 Å². The second-order valence-corrected chi connectivity index (χ2v) is 10.6. The Morgan fingerprint density at radius 3 is 1.25 bits per heavy atom. The number of hydrogen-bond acceptors (Lipinski definition) is 9. The van der Waals surface area contributed by atoms with Crippen LogP contribution in [0.1, 0.15) is 118 Å². The number of nitrogens with zero attached hydrogens (tertiary/aromatic N) is 9. The molecule has 0 bridgehead atoms. The topological polar surface area (TPSA) is 116 Å². The van der Waals surface area contributed by atoms with Gasteiger partial charge in [0.05, 0.1) is 11.4 Å². The molecule has 0 aliphatic heterocycles. The first-order valence-corrected chi connectivity index (χ1v) is 18.7. The average molecular weight is 724 g/mol. The molecule has 4 aromatic heterocycles. The Morgan fingerprint density at radius 1 is 0.396 bits per heavy atom. The van der Waals surface area contributed by atoms with Gasteiger partial charge in [-0.05, 0) is 105 Å². The predicted molar refractivity (Wildman–Crippen MR) is 227 cm³/mol. The molecular weight excluding hydrogens is 655 g/mol. The van der Waals surface area contributed by atoms with Crippen molar-refractivity contribution in [1.82, 2.24) is 44.9 Å². The highest BCUT2D eigenvalue weighted by Crippen LogP contribution is 2.18. The standard InChI is InChI=1S/C12H12.C6H9N3.3C6H8N2.4C2H6/c1-9-6-7-12-10(2)4-3-5-11(12)8-9;1-4-7-5(2)9-6(3)8-4;1-5-3-7-4-6(2)8-5;1-5-3-6(2)8-4-7-5;1-5-3-4-7-6(2)8-5;4*1-2/h3-8H,1-2H3;1-3H3;3*3-4H,1-2H3;4*1-2H3. The van der Waals surface area contributed by atoms with Crippen LogP contribution >= 0.6 is 0 Å². The molecule has 4 heterocycles. The Kier molecular flexibility index (Phi) is 32.4. The number of fused-ring (bicyclic) bond motifs is 1. The van der Waals surface area contributed by atoms with Crippen molar-refractivity contribution >= 4 is 10.8 Å². The van der Waals surface area contributed by atoms with Gasteiger partial charge >= 0.3 is 0 Å². The fraction of sp³-hybridized carbons (Fsp3) is 0.432. The van der Waals surface area contributed by atoms with Gasteiger partial charge in [-0.25, -0.2) is 34.9 Å². The van der Waals surface area contributed by atoms with Crippen molar-refractivity contribution in [3.8, 4) is 0 Å². The summed E-state index contributed by atoms with van der Waals surface area (Å²) in [5, 5.41) is 2.71. The molecular formula is C44H69N9. The molecule has 290 valence electrons. The van der Waals surface area contributed by atoms with Crippen molar-refractivity contribution in [3.63, 3.8) is 0 Å². The van der Waals surface area contributed by atoms with Gasteiger partial charge in [-0.2, -0.15) is 0 Å². The first-order valence-electron chi connectivity index (χ1n) is 18.7. The van der Waals surface area contributed by atoms with E-state index < -0.39 is 0 Å². The van der Waals surface area contributed by atoms with E-state index in [0.717, 1.165) is 51.8 Å². The van der Waals surface area contributed by atoms with Gasteiger partial charge in [-0.3, -0.25) is 9.97 Å². The van der Waals surface area contributed by atoms with Crippen molar-refractivity contribution < 1.29 is 0 Å². The first kappa shape index (κ1) is 52.3. The summed E-state index contributed by atoms with van der Waals surface area (Å²) < 4.78 is 0. The molecule has 9 heteroatoms. The second-order valence-electron chi connectivity index (χ2n) is 10.6. The molecule has 0 saturated heterocycles. The fourth-order valence-corrected chi connectivity index (χ4v) is 4.09. The van der Waals surface area contributed by atoms with E-state index >= 15 is 0 Å². The lowest BCUT2D eigenvalue weighted by Crippen LogP contribution is -1.97. The van der Waals surface area contributed by atoms with Crippen molar-refractivity contribution in [1.29, 1.82) is 0 Å². The Labute approximate surface area is 322 Å². The number of benzene rings is 2. The first-order chi connectivity index (χ1) is 25.3. The van der Waals surface area contributed by atoms with Crippen molar-refractivity contribution in [2.45, 2.75) is 132 Å². The lowest BCUT2D eigenvalue weighted by Gasteiger charge is -2.01. The van der Waals surface area contributed by atoms with Crippen LogP contribution in [-0.2, 0) is 0 Å². The summed E-state index contributed by atoms with van der Waals surface area (Å²) in [5.74, 6) is 3.21. The van der Waals surface area contributed by atoms with E-state index in [1.54, 1.807) is 24.9 Å². The quantitative estimate of drug-likeness (QED) is 0.151. The summed E-state index contributed by atoms with van der Waals surface area (Å²) >= 11 is 0. The van der Waals surface area contributed by atoms with Gasteiger partial charge in [0.25, 0.3) is 0 Å². The van der Waals surface area contributed by atoms with Gasteiger partial charge in [0.1, 0.15) is 29.6 Å². The summed E-state index contributed by atoms with van der Waals surface area (Å²) in [6, 6.07) is 16.8. The van der Waals surface area contributed by atoms with E-state index in [-0.39, 0.29) is 0 Å². The van der Waals surface area contributed by atoms with E-state index in [4.69, 9.17) is 0 Å². The van der Waals surface area contributed by atoms with Crippen LogP contribution in [0.4, 0.5) is 0 Å². The Morgan fingerprint density at radius 2 is 0.887 bits per heavy atom. The van der Waals surface area contributed by atoms with Gasteiger partial charge in [0.15, 0.2) is 0 Å². The monoisotopic (exact) mass is 724 g/mol. The molecule has 0 radical (unpaired) electrons. The molecule has 0 aliphatic rings. The average Bonchev–Trinajstić information content (AvgIpc) is 3.12. The number of rotatable bonds is 0. The van der Waals surface area contributed by atoms with Crippen LogP contribution in [-0.4, -0.2) is 44.9 Å². The molecule has 6 aromatic rings. The normalized spacial score (nSPS) is 8.66. The fourth-order valence-electron chi connectivity index (χ4n) is 4.09. The Hall–Kier alpha value is -5.05. The predicted octanol–water partition coefficient (Wildman–Crippen LogP) is 11.6. The second kappa shape index (κ2) is 32.8. The zero-order chi connectivity index (χ0) is 41.4. The molecule has 0 atom stereocenters. The van der Waals surface area contributed by atoms with Crippen molar-refractivity contribution in [2.24, 2.45) is 0 Å². The highest BCUT2D eigenvalue weighted by molar-refractivity contribution is 5.86. The van der Waals surface area contributed by atoms with Gasteiger partial charge < -0.3 is 0 Å². The van der Waals surface area contributed by atoms with Gasteiger partial charge in [0.2, 0.25) is 0 Å². The highest BCUT2D eigenvalue weighted by atomic mass is 15.0. The summed E-state index contributed by atoms with van der Waals surface area (Å²) in [4.78, 5) is 35.9. The zero-order valence-corrected chi connectivity index (χ0v) is 36.5. The van der Waals surface area contributed by atoms with E-state index in [2.05, 4.69) is 95.1 Å². The van der Waals surface area contributed by atoms with E-state index in [1.807, 2.05) is 130 Å². The van der Waals surface area contributed by atoms with Crippen molar-refractivity contribution in [3.05, 3.63) is 136 Å². The number of aromatic nitrogens is 9. The van der Waals surface area contributed by atoms with Crippen LogP contribution in [0.15, 0.2) is 73.4 Å². The molecule has 9 nitrogen and oxygen atoms in total. The van der Waals surface area contributed by atoms with Crippen LogP contribution in [0, 0.1) is 76.2 Å². The van der Waals surface area contributed by atoms with E-state index in [0.29, 0.717) is 0 Å². The highest BCUT2D eigenvalue weighted by Gasteiger charge is 1.95. The molecule has 0 spiro atoms. The number of hydrogen-bond donors (Lipinski definition) is 0. The molecule has 0 saturated carbocycles. The van der Waals surface area contributed by atoms with E-state index in [1.165, 1.54) is 21.9 Å². The SMILES string of the molecule is CC.CC.CC.CC.Cc1cc(C)ncn1.Cc1ccc2c(C)cccc2c1.Cc1ccnc(C)n1.Cc1cncc(C)n1.Cc1nc(C)nc(C)n1. The van der Waals surface area contributed by atoms with E-state index in [9.17, 15) is 0 Å². The minimum absolute atomic E-state index is 0.792. The molecule has 0 unspecified atom stereocenters. The summed E-state index contributed by atoms with van der Waals surface area (Å²) in [5.41, 5.74) is 7.71. The molecule has 2 aromatic carbocycles. The summed E-state index contributed by atoms with van der Waals surface area (Å²) in [7, 11) is 0. The Balaban J connectivity index is -0.000000567. The third-order valence-electron chi connectivity index (χ3n) is 5.96. The molecule has 6 rings (SSSR count). The molecule has 0 amide bonds. The van der Waals surface area contributed by atoms with Crippen LogP contribution in [0.5, 0.6) is 0 Å². The summed E-state index contributed by atoms with van der Waals surface area (Å²) in [6.07, 6.45) is 6.82. The van der Waals surface area contributed by atoms with Crippen LogP contribution in [0.25, 0.3) is 10.8 Å². The molecule has 0 aliphatic carbocycles. The zero-order valence-electron chi connectivity index (χ0n) is 36.5. The maximum atomic E-state index is 4.11. The van der Waals surface area contributed by atoms with Gasteiger partial charge in [-0.15, -0.1) is 0 Å².